The van der Waals surface area contributed by atoms with Crippen LogP contribution in [-0.4, -0.2) is 12.5 Å². The maximum absolute atomic E-state index is 11.3. The first-order chi connectivity index (χ1) is 6.19. The first-order valence-corrected chi connectivity index (χ1v) is 4.56. The van der Waals surface area contributed by atoms with Crippen molar-refractivity contribution in [1.82, 2.24) is 5.32 Å². The minimum atomic E-state index is -0.134. The zero-order chi connectivity index (χ0) is 9.84. The van der Waals surface area contributed by atoms with Gasteiger partial charge in [0.1, 0.15) is 5.76 Å². The first kappa shape index (κ1) is 9.84. The summed E-state index contributed by atoms with van der Waals surface area (Å²) in [5.74, 6) is 1.17. The van der Waals surface area contributed by atoms with Crippen LogP contribution in [0.15, 0.2) is 10.5 Å². The molecule has 72 valence electrons. The van der Waals surface area contributed by atoms with Gasteiger partial charge >= 0.3 is 0 Å². The number of rotatable bonds is 3. The summed E-state index contributed by atoms with van der Waals surface area (Å²) < 4.78 is 5.37. The molecule has 0 unspecified atom stereocenters. The van der Waals surface area contributed by atoms with Gasteiger partial charge in [0.2, 0.25) is 0 Å². The highest BCUT2D eigenvalue weighted by molar-refractivity contribution is 5.91. The van der Waals surface area contributed by atoms with E-state index in [1.807, 2.05) is 20.8 Å². The summed E-state index contributed by atoms with van der Waals surface area (Å²) in [5, 5.41) is 2.69. The molecule has 1 aromatic rings. The Labute approximate surface area is 78.1 Å². The third-order valence-electron chi connectivity index (χ3n) is 1.90. The molecule has 0 aromatic carbocycles. The van der Waals surface area contributed by atoms with Gasteiger partial charge in [0.25, 0.3) is 5.91 Å². The number of amides is 1. The molecule has 0 fully saturated rings. The van der Waals surface area contributed by atoms with Crippen molar-refractivity contribution in [3.05, 3.63) is 23.2 Å². The molecule has 0 aliphatic rings. The fourth-order valence-electron chi connectivity index (χ4n) is 1.23. The van der Waals surface area contributed by atoms with Gasteiger partial charge in [-0.2, -0.15) is 0 Å². The predicted molar refractivity (Wildman–Crippen MR) is 50.8 cm³/mol. The van der Waals surface area contributed by atoms with Crippen LogP contribution in [0.2, 0.25) is 0 Å². The normalized spacial score (nSPS) is 10.1. The Morgan fingerprint density at radius 1 is 1.54 bits per heavy atom. The molecular formula is C10H15NO2. The van der Waals surface area contributed by atoms with Crippen LogP contribution >= 0.6 is 0 Å². The van der Waals surface area contributed by atoms with Crippen LogP contribution in [0.4, 0.5) is 0 Å². The Hall–Kier alpha value is -1.25. The van der Waals surface area contributed by atoms with Crippen LogP contribution in [0.5, 0.6) is 0 Å². The van der Waals surface area contributed by atoms with Crippen LogP contribution < -0.4 is 5.32 Å². The van der Waals surface area contributed by atoms with Crippen molar-refractivity contribution >= 4 is 5.91 Å². The van der Waals surface area contributed by atoms with Crippen LogP contribution in [0.25, 0.3) is 0 Å². The summed E-state index contributed by atoms with van der Waals surface area (Å²) in [7, 11) is 0. The van der Waals surface area contributed by atoms with Gasteiger partial charge in [-0.15, -0.1) is 0 Å². The van der Waals surface area contributed by atoms with Gasteiger partial charge in [0.15, 0.2) is 5.76 Å². The molecule has 3 nitrogen and oxygen atoms in total. The lowest BCUT2D eigenvalue weighted by Gasteiger charge is -1.96. The highest BCUT2D eigenvalue weighted by Crippen LogP contribution is 2.14. The average Bonchev–Trinajstić information content (AvgIpc) is 2.47. The van der Waals surface area contributed by atoms with E-state index in [1.165, 1.54) is 0 Å². The van der Waals surface area contributed by atoms with Crippen molar-refractivity contribution in [2.75, 3.05) is 6.54 Å². The summed E-state index contributed by atoms with van der Waals surface area (Å²) in [5.41, 5.74) is 1.05. The van der Waals surface area contributed by atoms with E-state index < -0.39 is 0 Å². The third-order valence-corrected chi connectivity index (χ3v) is 1.90. The summed E-state index contributed by atoms with van der Waals surface area (Å²) in [6.07, 6.45) is 0.825. The molecule has 1 amide bonds. The van der Waals surface area contributed by atoms with E-state index >= 15 is 0 Å². The molecule has 1 heterocycles. The van der Waals surface area contributed by atoms with Crippen molar-refractivity contribution in [1.29, 1.82) is 0 Å². The molecule has 0 spiro atoms. The molecule has 1 N–H and O–H groups in total. The quantitative estimate of drug-likeness (QED) is 0.773. The van der Waals surface area contributed by atoms with Crippen LogP contribution in [0, 0.1) is 6.92 Å². The van der Waals surface area contributed by atoms with Gasteiger partial charge in [-0.05, 0) is 25.5 Å². The largest absolute Gasteiger partial charge is 0.456 e. The minimum absolute atomic E-state index is 0.134. The Bertz CT molecular complexity index is 302. The third kappa shape index (κ3) is 2.11. The van der Waals surface area contributed by atoms with E-state index in [-0.39, 0.29) is 5.91 Å². The highest BCUT2D eigenvalue weighted by atomic mass is 16.4. The summed E-state index contributed by atoms with van der Waals surface area (Å²) in [6, 6.07) is 1.78. The second kappa shape index (κ2) is 4.12. The Balaban J connectivity index is 2.84. The molecule has 0 aliphatic heterocycles. The average molecular weight is 181 g/mol. The lowest BCUT2D eigenvalue weighted by molar-refractivity contribution is 0.0926. The van der Waals surface area contributed by atoms with Gasteiger partial charge in [-0.3, -0.25) is 4.79 Å². The SMILES string of the molecule is CCNC(=O)c1cc(C)c(CC)o1. The number of carbonyl (C=O) groups excluding carboxylic acids is 1. The zero-order valence-corrected chi connectivity index (χ0v) is 8.31. The van der Waals surface area contributed by atoms with E-state index in [4.69, 9.17) is 4.42 Å². The van der Waals surface area contributed by atoms with Gasteiger partial charge in [-0.25, -0.2) is 0 Å². The van der Waals surface area contributed by atoms with Crippen LogP contribution in [0.3, 0.4) is 0 Å². The van der Waals surface area contributed by atoms with Crippen molar-refractivity contribution in [3.8, 4) is 0 Å². The predicted octanol–water partition coefficient (Wildman–Crippen LogP) is 1.90. The lowest BCUT2D eigenvalue weighted by Crippen LogP contribution is -2.21. The molecule has 3 heteroatoms. The lowest BCUT2D eigenvalue weighted by atomic mass is 10.2. The number of carbonyl (C=O) groups is 1. The van der Waals surface area contributed by atoms with Crippen LogP contribution in [-0.2, 0) is 6.42 Å². The molecule has 1 rings (SSSR count). The molecular weight excluding hydrogens is 166 g/mol. The maximum Gasteiger partial charge on any atom is 0.286 e. The molecule has 0 atom stereocenters. The topological polar surface area (TPSA) is 42.2 Å². The smallest absolute Gasteiger partial charge is 0.286 e. The Morgan fingerprint density at radius 2 is 2.23 bits per heavy atom. The number of hydrogen-bond acceptors (Lipinski definition) is 2. The van der Waals surface area contributed by atoms with Gasteiger partial charge < -0.3 is 9.73 Å². The summed E-state index contributed by atoms with van der Waals surface area (Å²) in [6.45, 7) is 6.47. The zero-order valence-electron chi connectivity index (χ0n) is 8.31. The number of nitrogens with one attached hydrogen (secondary N) is 1. The number of aryl methyl sites for hydroxylation is 2. The van der Waals surface area contributed by atoms with Crippen LogP contribution in [0.1, 0.15) is 35.7 Å². The molecule has 13 heavy (non-hydrogen) atoms. The van der Waals surface area contributed by atoms with Crippen molar-refractivity contribution in [3.63, 3.8) is 0 Å². The number of hydrogen-bond donors (Lipinski definition) is 1. The van der Waals surface area contributed by atoms with Crippen molar-refractivity contribution in [2.45, 2.75) is 27.2 Å². The molecule has 0 aliphatic carbocycles. The fourth-order valence-corrected chi connectivity index (χ4v) is 1.23. The van der Waals surface area contributed by atoms with E-state index in [1.54, 1.807) is 6.07 Å². The van der Waals surface area contributed by atoms with E-state index in [9.17, 15) is 4.79 Å². The van der Waals surface area contributed by atoms with Gasteiger partial charge in [-0.1, -0.05) is 6.92 Å². The minimum Gasteiger partial charge on any atom is -0.456 e. The Kier molecular flexibility index (Phi) is 3.12. The fraction of sp³-hybridized carbons (Fsp3) is 0.500. The van der Waals surface area contributed by atoms with E-state index in [2.05, 4.69) is 5.32 Å². The Morgan fingerprint density at radius 3 is 2.69 bits per heavy atom. The van der Waals surface area contributed by atoms with Crippen molar-refractivity contribution in [2.24, 2.45) is 0 Å². The second-order valence-electron chi connectivity index (χ2n) is 2.93. The first-order valence-electron chi connectivity index (χ1n) is 4.56. The summed E-state index contributed by atoms with van der Waals surface area (Å²) >= 11 is 0. The number of furan rings is 1. The molecule has 1 aromatic heterocycles. The molecule has 0 saturated heterocycles. The molecule has 0 bridgehead atoms. The molecule has 0 radical (unpaired) electrons. The van der Waals surface area contributed by atoms with Gasteiger partial charge in [0.05, 0.1) is 0 Å². The van der Waals surface area contributed by atoms with E-state index in [0.717, 1.165) is 17.7 Å². The highest BCUT2D eigenvalue weighted by Gasteiger charge is 2.11. The molecule has 0 saturated carbocycles. The van der Waals surface area contributed by atoms with Crippen molar-refractivity contribution < 1.29 is 9.21 Å². The summed E-state index contributed by atoms with van der Waals surface area (Å²) in [4.78, 5) is 11.3. The maximum atomic E-state index is 11.3. The standard InChI is InChI=1S/C10H15NO2/c1-4-8-7(3)6-9(13-8)10(12)11-5-2/h6H,4-5H2,1-3H3,(H,11,12). The second-order valence-corrected chi connectivity index (χ2v) is 2.93. The monoisotopic (exact) mass is 181 g/mol. The van der Waals surface area contributed by atoms with E-state index in [0.29, 0.717) is 12.3 Å². The van der Waals surface area contributed by atoms with Gasteiger partial charge in [0, 0.05) is 13.0 Å².